The first-order valence-corrected chi connectivity index (χ1v) is 6.84. The number of aryl methyl sites for hydroxylation is 2. The van der Waals surface area contributed by atoms with Gasteiger partial charge < -0.3 is 14.6 Å². The van der Waals surface area contributed by atoms with Gasteiger partial charge in [-0.2, -0.15) is 4.98 Å². The van der Waals surface area contributed by atoms with Crippen LogP contribution in [0.3, 0.4) is 0 Å². The molecule has 2 rings (SSSR count). The Morgan fingerprint density at radius 3 is 2.52 bits per heavy atom. The number of carboxylic acid groups (broad SMARTS) is 1. The van der Waals surface area contributed by atoms with Crippen molar-refractivity contribution in [2.75, 3.05) is 14.2 Å². The highest BCUT2D eigenvalue weighted by molar-refractivity contribution is 8.93. The number of rotatable bonds is 6. The first kappa shape index (κ1) is 20.4. The molecule has 0 aliphatic carbocycles. The van der Waals surface area contributed by atoms with Gasteiger partial charge in [-0.1, -0.05) is 0 Å². The molecule has 136 valence electrons. The van der Waals surface area contributed by atoms with Crippen LogP contribution >= 0.6 is 17.0 Å². The van der Waals surface area contributed by atoms with E-state index >= 15 is 0 Å². The normalized spacial score (nSPS) is 10.2. The van der Waals surface area contributed by atoms with Gasteiger partial charge in [0.25, 0.3) is 0 Å². The number of fused-ring (bicyclic) bond motifs is 1. The molecule has 1 aromatic heterocycles. The Kier molecular flexibility index (Phi) is 6.45. The van der Waals surface area contributed by atoms with E-state index in [-0.39, 0.29) is 63.7 Å². The van der Waals surface area contributed by atoms with Crippen LogP contribution in [0, 0.1) is 17.0 Å². The highest BCUT2D eigenvalue weighted by atomic mass is 79.9. The summed E-state index contributed by atoms with van der Waals surface area (Å²) >= 11 is 0. The Balaban J connectivity index is 0.00000312. The van der Waals surface area contributed by atoms with E-state index in [1.54, 1.807) is 0 Å². The maximum atomic E-state index is 12.1. The first-order chi connectivity index (χ1) is 11.3. The summed E-state index contributed by atoms with van der Waals surface area (Å²) in [5.41, 5.74) is -0.768. The Hall–Kier alpha value is -2.69. The number of ether oxygens (including phenoxy) is 2. The standard InChI is InChI=1S/C14H15N3O7.BrH/c1-7-11-8(16(14(20)15-7)5-4-10(18)19)6-9(23-2)13(24-3)12(11)17(21)22;/h6H,4-5H2,1-3H3,(H,18,19);1H. The van der Waals surface area contributed by atoms with Gasteiger partial charge in [0.15, 0.2) is 5.75 Å². The quantitative estimate of drug-likeness (QED) is 0.553. The predicted molar refractivity (Wildman–Crippen MR) is 93.1 cm³/mol. The Morgan fingerprint density at radius 2 is 2.04 bits per heavy atom. The van der Waals surface area contributed by atoms with E-state index in [9.17, 15) is 19.7 Å². The van der Waals surface area contributed by atoms with E-state index in [4.69, 9.17) is 14.6 Å². The summed E-state index contributed by atoms with van der Waals surface area (Å²) in [5.74, 6) is -1.14. The van der Waals surface area contributed by atoms with Crippen molar-refractivity contribution in [3.63, 3.8) is 0 Å². The zero-order valence-corrected chi connectivity index (χ0v) is 15.4. The number of aromatic nitrogens is 2. The van der Waals surface area contributed by atoms with Crippen molar-refractivity contribution in [3.05, 3.63) is 32.4 Å². The summed E-state index contributed by atoms with van der Waals surface area (Å²) in [6.45, 7) is 1.29. The van der Waals surface area contributed by atoms with E-state index in [2.05, 4.69) is 4.98 Å². The van der Waals surface area contributed by atoms with Crippen molar-refractivity contribution in [1.29, 1.82) is 0 Å². The van der Waals surface area contributed by atoms with Crippen LogP contribution in [0.4, 0.5) is 5.69 Å². The molecule has 2 aromatic rings. The molecular weight excluding hydrogens is 402 g/mol. The van der Waals surface area contributed by atoms with E-state index in [0.29, 0.717) is 0 Å². The van der Waals surface area contributed by atoms with Crippen molar-refractivity contribution in [1.82, 2.24) is 9.55 Å². The van der Waals surface area contributed by atoms with Crippen molar-refractivity contribution < 1.29 is 24.3 Å². The number of nitro groups is 1. The van der Waals surface area contributed by atoms with Crippen LogP contribution in [0.15, 0.2) is 10.9 Å². The maximum Gasteiger partial charge on any atom is 0.348 e. The Morgan fingerprint density at radius 1 is 1.40 bits per heavy atom. The van der Waals surface area contributed by atoms with Gasteiger partial charge in [-0.25, -0.2) is 4.79 Å². The van der Waals surface area contributed by atoms with Crippen molar-refractivity contribution in [3.8, 4) is 11.5 Å². The molecule has 0 bridgehead atoms. The minimum Gasteiger partial charge on any atom is -0.493 e. The third-order valence-electron chi connectivity index (χ3n) is 3.50. The lowest BCUT2D eigenvalue weighted by Crippen LogP contribution is -2.25. The summed E-state index contributed by atoms with van der Waals surface area (Å²) in [5, 5.41) is 20.5. The number of hydrogen-bond donors (Lipinski definition) is 1. The first-order valence-electron chi connectivity index (χ1n) is 6.84. The van der Waals surface area contributed by atoms with Crippen LogP contribution in [0.2, 0.25) is 0 Å². The molecule has 0 saturated heterocycles. The SMILES string of the molecule is Br.COc1cc2c(c(C)nc(=O)n2CCC(=O)O)c([N+](=O)[O-])c1OC. The van der Waals surface area contributed by atoms with Gasteiger partial charge in [0.05, 0.1) is 36.8 Å². The largest absolute Gasteiger partial charge is 0.493 e. The molecule has 0 saturated carbocycles. The zero-order valence-electron chi connectivity index (χ0n) is 13.6. The van der Waals surface area contributed by atoms with E-state index in [1.807, 2.05) is 0 Å². The minimum atomic E-state index is -1.11. The third-order valence-corrected chi connectivity index (χ3v) is 3.50. The number of halogens is 1. The van der Waals surface area contributed by atoms with Gasteiger partial charge in [-0.3, -0.25) is 19.5 Å². The lowest BCUT2D eigenvalue weighted by Gasteiger charge is -2.14. The number of hydrogen-bond acceptors (Lipinski definition) is 7. The highest BCUT2D eigenvalue weighted by Crippen LogP contribution is 2.43. The van der Waals surface area contributed by atoms with E-state index in [1.165, 1.54) is 27.2 Å². The molecule has 1 N–H and O–H groups in total. The molecule has 25 heavy (non-hydrogen) atoms. The van der Waals surface area contributed by atoms with Crippen molar-refractivity contribution in [2.45, 2.75) is 19.9 Å². The van der Waals surface area contributed by atoms with Crippen LogP contribution in [-0.4, -0.2) is 39.8 Å². The van der Waals surface area contributed by atoms with Crippen LogP contribution in [0.1, 0.15) is 12.1 Å². The minimum absolute atomic E-state index is 0. The lowest BCUT2D eigenvalue weighted by molar-refractivity contribution is -0.384. The lowest BCUT2D eigenvalue weighted by atomic mass is 10.1. The van der Waals surface area contributed by atoms with E-state index in [0.717, 1.165) is 4.57 Å². The van der Waals surface area contributed by atoms with Crippen LogP contribution in [0.5, 0.6) is 11.5 Å². The molecule has 0 spiro atoms. The Labute approximate surface area is 151 Å². The second kappa shape index (κ2) is 7.92. The number of carboxylic acids is 1. The fourth-order valence-corrected chi connectivity index (χ4v) is 2.49. The molecule has 0 fully saturated rings. The van der Waals surface area contributed by atoms with Gasteiger partial charge in [0.1, 0.15) is 5.39 Å². The van der Waals surface area contributed by atoms with Crippen LogP contribution in [0.25, 0.3) is 10.9 Å². The van der Waals surface area contributed by atoms with Gasteiger partial charge in [0.2, 0.25) is 5.75 Å². The highest BCUT2D eigenvalue weighted by Gasteiger charge is 2.28. The molecule has 0 amide bonds. The van der Waals surface area contributed by atoms with Crippen LogP contribution in [-0.2, 0) is 11.3 Å². The third kappa shape index (κ3) is 3.71. The second-order valence-electron chi connectivity index (χ2n) is 4.89. The molecule has 0 aliphatic heterocycles. The molecule has 1 aromatic carbocycles. The molecule has 0 radical (unpaired) electrons. The van der Waals surface area contributed by atoms with Gasteiger partial charge in [0, 0.05) is 12.6 Å². The Bertz CT molecular complexity index is 894. The second-order valence-corrected chi connectivity index (χ2v) is 4.89. The van der Waals surface area contributed by atoms with E-state index < -0.39 is 16.6 Å². The molecule has 0 unspecified atom stereocenters. The van der Waals surface area contributed by atoms with Gasteiger partial charge in [-0.05, 0) is 6.92 Å². The van der Waals surface area contributed by atoms with Gasteiger partial charge >= 0.3 is 17.3 Å². The predicted octanol–water partition coefficient (Wildman–Crippen LogP) is 1.68. The zero-order chi connectivity index (χ0) is 18.0. The molecule has 1 heterocycles. The average Bonchev–Trinajstić information content (AvgIpc) is 2.51. The summed E-state index contributed by atoms with van der Waals surface area (Å²) < 4.78 is 11.3. The summed E-state index contributed by atoms with van der Waals surface area (Å²) in [6, 6.07) is 1.40. The molecule has 10 nitrogen and oxygen atoms in total. The fourth-order valence-electron chi connectivity index (χ4n) is 2.49. The maximum absolute atomic E-state index is 12.1. The number of carbonyl (C=O) groups is 1. The molecule has 0 atom stereocenters. The molecule has 11 heteroatoms. The number of nitro benzene ring substituents is 1. The topological polar surface area (TPSA) is 134 Å². The molecule has 0 aliphatic rings. The summed E-state index contributed by atoms with van der Waals surface area (Å²) in [7, 11) is 2.57. The number of benzene rings is 1. The monoisotopic (exact) mass is 417 g/mol. The summed E-state index contributed by atoms with van der Waals surface area (Å²) in [4.78, 5) is 37.6. The van der Waals surface area contributed by atoms with Crippen LogP contribution < -0.4 is 15.2 Å². The summed E-state index contributed by atoms with van der Waals surface area (Å²) in [6.07, 6.45) is -0.331. The number of nitrogens with zero attached hydrogens (tertiary/aromatic N) is 3. The fraction of sp³-hybridized carbons (Fsp3) is 0.357. The number of aliphatic carboxylic acids is 1. The van der Waals surface area contributed by atoms with Crippen molar-refractivity contribution in [2.24, 2.45) is 0 Å². The van der Waals surface area contributed by atoms with Gasteiger partial charge in [-0.15, -0.1) is 17.0 Å². The number of methoxy groups -OCH3 is 2. The van der Waals surface area contributed by atoms with Crippen molar-refractivity contribution >= 4 is 39.5 Å². The molecular formula is C14H16BrN3O7. The smallest absolute Gasteiger partial charge is 0.348 e. The average molecular weight is 418 g/mol.